The van der Waals surface area contributed by atoms with Gasteiger partial charge in [-0.1, -0.05) is 11.8 Å². The Labute approximate surface area is 104 Å². The largest absolute Gasteiger partial charge is 0.416 e. The number of aromatic nitrogens is 2. The maximum atomic E-state index is 11.8. The van der Waals surface area contributed by atoms with Gasteiger partial charge in [-0.3, -0.25) is 4.79 Å². The lowest BCUT2D eigenvalue weighted by atomic mass is 10.3. The van der Waals surface area contributed by atoms with Crippen molar-refractivity contribution in [2.24, 2.45) is 0 Å². The molecule has 0 radical (unpaired) electrons. The van der Waals surface area contributed by atoms with E-state index < -0.39 is 0 Å². The summed E-state index contributed by atoms with van der Waals surface area (Å²) in [4.78, 5) is 13.6. The van der Waals surface area contributed by atoms with Gasteiger partial charge < -0.3 is 14.1 Å². The van der Waals surface area contributed by atoms with Gasteiger partial charge >= 0.3 is 0 Å². The van der Waals surface area contributed by atoms with Crippen LogP contribution in [0.2, 0.25) is 0 Å². The molecule has 1 aliphatic heterocycles. The van der Waals surface area contributed by atoms with E-state index in [4.69, 9.17) is 9.15 Å². The van der Waals surface area contributed by atoms with Crippen LogP contribution in [-0.4, -0.2) is 53.1 Å². The minimum atomic E-state index is 0.164. The number of carbonyl (C=O) groups is 1. The lowest BCUT2D eigenvalue weighted by Crippen LogP contribution is -2.40. The van der Waals surface area contributed by atoms with Crippen molar-refractivity contribution in [3.05, 3.63) is 5.89 Å². The van der Waals surface area contributed by atoms with Crippen molar-refractivity contribution in [1.82, 2.24) is 15.1 Å². The average Bonchev–Trinajstić information content (AvgIpc) is 2.76. The van der Waals surface area contributed by atoms with Gasteiger partial charge in [0.2, 0.25) is 11.8 Å². The third kappa shape index (κ3) is 3.71. The molecule has 1 amide bonds. The zero-order valence-electron chi connectivity index (χ0n) is 9.72. The van der Waals surface area contributed by atoms with Crippen molar-refractivity contribution < 1.29 is 13.9 Å². The molecular formula is C10H15N3O3S. The zero-order valence-corrected chi connectivity index (χ0v) is 10.5. The van der Waals surface area contributed by atoms with E-state index in [0.717, 1.165) is 0 Å². The number of thioether (sulfide) groups is 1. The fourth-order valence-electron chi connectivity index (χ4n) is 1.53. The summed E-state index contributed by atoms with van der Waals surface area (Å²) in [6.45, 7) is 4.42. The summed E-state index contributed by atoms with van der Waals surface area (Å²) in [7, 11) is 0. The van der Waals surface area contributed by atoms with E-state index in [0.29, 0.717) is 49.6 Å². The number of amides is 1. The first kappa shape index (κ1) is 12.4. The smallest absolute Gasteiger partial charge is 0.276 e. The summed E-state index contributed by atoms with van der Waals surface area (Å²) in [5, 5.41) is 8.11. The molecule has 1 saturated heterocycles. The van der Waals surface area contributed by atoms with Gasteiger partial charge in [0.15, 0.2) is 0 Å². The van der Waals surface area contributed by atoms with Crippen LogP contribution in [0.1, 0.15) is 12.3 Å². The first-order valence-electron chi connectivity index (χ1n) is 5.54. The molecule has 0 aromatic carbocycles. The van der Waals surface area contributed by atoms with Crippen LogP contribution in [0, 0.1) is 6.92 Å². The van der Waals surface area contributed by atoms with E-state index in [1.807, 2.05) is 4.90 Å². The Balaban J connectivity index is 1.69. The van der Waals surface area contributed by atoms with Gasteiger partial charge in [0.1, 0.15) is 0 Å². The molecule has 2 rings (SSSR count). The summed E-state index contributed by atoms with van der Waals surface area (Å²) >= 11 is 1.41. The Kier molecular flexibility index (Phi) is 4.38. The van der Waals surface area contributed by atoms with E-state index in [9.17, 15) is 4.79 Å². The van der Waals surface area contributed by atoms with E-state index in [2.05, 4.69) is 10.2 Å². The van der Waals surface area contributed by atoms with Gasteiger partial charge in [-0.2, -0.15) is 0 Å². The summed E-state index contributed by atoms with van der Waals surface area (Å²) in [6.07, 6.45) is 0.492. The number of ether oxygens (including phenoxy) is 1. The Bertz CT molecular complexity index is 377. The molecule has 1 fully saturated rings. The molecule has 0 N–H and O–H groups in total. The Morgan fingerprint density at radius 2 is 2.18 bits per heavy atom. The molecule has 0 atom stereocenters. The van der Waals surface area contributed by atoms with Crippen molar-refractivity contribution in [1.29, 1.82) is 0 Å². The number of aryl methyl sites for hydroxylation is 1. The number of morpholine rings is 1. The fraction of sp³-hybridized carbons (Fsp3) is 0.700. The quantitative estimate of drug-likeness (QED) is 0.740. The minimum absolute atomic E-state index is 0.164. The second kappa shape index (κ2) is 6.02. The van der Waals surface area contributed by atoms with Gasteiger partial charge in [0.05, 0.1) is 13.2 Å². The zero-order chi connectivity index (χ0) is 12.1. The topological polar surface area (TPSA) is 68.5 Å². The van der Waals surface area contributed by atoms with Gasteiger partial charge in [0.25, 0.3) is 5.22 Å². The highest BCUT2D eigenvalue weighted by Crippen LogP contribution is 2.17. The van der Waals surface area contributed by atoms with Crippen LogP contribution >= 0.6 is 11.8 Å². The summed E-state index contributed by atoms with van der Waals surface area (Å²) in [6, 6.07) is 0. The molecule has 6 nitrogen and oxygen atoms in total. The van der Waals surface area contributed by atoms with Crippen LogP contribution in [0.25, 0.3) is 0 Å². The highest BCUT2D eigenvalue weighted by Gasteiger charge is 2.16. The lowest BCUT2D eigenvalue weighted by Gasteiger charge is -2.26. The molecule has 2 heterocycles. The first-order valence-corrected chi connectivity index (χ1v) is 6.52. The third-order valence-corrected chi connectivity index (χ3v) is 3.23. The van der Waals surface area contributed by atoms with E-state index in [-0.39, 0.29) is 5.91 Å². The summed E-state index contributed by atoms with van der Waals surface area (Å²) < 4.78 is 10.4. The molecule has 0 spiro atoms. The molecule has 0 aliphatic carbocycles. The van der Waals surface area contributed by atoms with Gasteiger partial charge in [-0.15, -0.1) is 10.2 Å². The molecule has 94 valence electrons. The molecule has 17 heavy (non-hydrogen) atoms. The van der Waals surface area contributed by atoms with Crippen LogP contribution in [0.4, 0.5) is 0 Å². The molecule has 7 heteroatoms. The van der Waals surface area contributed by atoms with Gasteiger partial charge in [-0.05, 0) is 0 Å². The molecule has 0 saturated carbocycles. The van der Waals surface area contributed by atoms with E-state index in [1.54, 1.807) is 6.92 Å². The second-order valence-electron chi connectivity index (χ2n) is 3.68. The molecule has 1 aliphatic rings. The third-order valence-electron chi connectivity index (χ3n) is 2.41. The second-order valence-corrected chi connectivity index (χ2v) is 4.72. The number of hydrogen-bond acceptors (Lipinski definition) is 6. The van der Waals surface area contributed by atoms with Crippen LogP contribution < -0.4 is 0 Å². The average molecular weight is 257 g/mol. The first-order chi connectivity index (χ1) is 8.25. The highest BCUT2D eigenvalue weighted by atomic mass is 32.2. The van der Waals surface area contributed by atoms with Gasteiger partial charge in [-0.25, -0.2) is 0 Å². The number of nitrogens with zero attached hydrogens (tertiary/aromatic N) is 3. The van der Waals surface area contributed by atoms with Crippen molar-refractivity contribution >= 4 is 17.7 Å². The van der Waals surface area contributed by atoms with Crippen LogP contribution in [-0.2, 0) is 9.53 Å². The highest BCUT2D eigenvalue weighted by molar-refractivity contribution is 7.99. The van der Waals surface area contributed by atoms with Crippen LogP contribution in [0.15, 0.2) is 9.64 Å². The number of rotatable bonds is 4. The van der Waals surface area contributed by atoms with Crippen molar-refractivity contribution in [3.63, 3.8) is 0 Å². The molecular weight excluding hydrogens is 242 g/mol. The monoisotopic (exact) mass is 257 g/mol. The van der Waals surface area contributed by atoms with Crippen molar-refractivity contribution in [3.8, 4) is 0 Å². The lowest BCUT2D eigenvalue weighted by molar-refractivity contribution is -0.134. The van der Waals surface area contributed by atoms with Crippen molar-refractivity contribution in [2.75, 3.05) is 32.1 Å². The fourth-order valence-corrected chi connectivity index (χ4v) is 2.26. The Morgan fingerprint density at radius 1 is 1.41 bits per heavy atom. The van der Waals surface area contributed by atoms with Crippen LogP contribution in [0.5, 0.6) is 0 Å². The molecule has 0 unspecified atom stereocenters. The minimum Gasteiger partial charge on any atom is -0.416 e. The van der Waals surface area contributed by atoms with Crippen molar-refractivity contribution in [2.45, 2.75) is 18.6 Å². The Morgan fingerprint density at radius 3 is 2.82 bits per heavy atom. The predicted octanol–water partition coefficient (Wildman–Crippen LogP) is 0.719. The molecule has 1 aromatic rings. The number of carbonyl (C=O) groups excluding carboxylic acids is 1. The molecule has 1 aromatic heterocycles. The van der Waals surface area contributed by atoms with E-state index in [1.165, 1.54) is 11.8 Å². The van der Waals surface area contributed by atoms with Crippen LogP contribution in [0.3, 0.4) is 0 Å². The maximum absolute atomic E-state index is 11.8. The normalized spacial score (nSPS) is 16.2. The van der Waals surface area contributed by atoms with E-state index >= 15 is 0 Å². The standard InChI is InChI=1S/C10H15N3O3S/c1-8-11-12-10(16-8)17-7-2-9(14)13-3-5-15-6-4-13/h2-7H2,1H3. The summed E-state index contributed by atoms with van der Waals surface area (Å²) in [5.41, 5.74) is 0. The molecule has 0 bridgehead atoms. The predicted molar refractivity (Wildman–Crippen MR) is 61.8 cm³/mol. The summed E-state index contributed by atoms with van der Waals surface area (Å²) in [5.74, 6) is 1.38. The SMILES string of the molecule is Cc1nnc(SCCC(=O)N2CCOCC2)o1. The number of hydrogen-bond donors (Lipinski definition) is 0. The van der Waals surface area contributed by atoms with Gasteiger partial charge in [0, 0.05) is 32.2 Å². The Hall–Kier alpha value is -1.08. The maximum Gasteiger partial charge on any atom is 0.276 e.